The molecule has 38 valence electrons. The number of hydrogen-bond donors (Lipinski definition) is 0. The zero-order valence-electron chi connectivity index (χ0n) is 3.70. The van der Waals surface area contributed by atoms with Gasteiger partial charge in [0.25, 0.3) is 0 Å². The summed E-state index contributed by atoms with van der Waals surface area (Å²) in [5.41, 5.74) is 0. The zero-order chi connectivity index (χ0) is 6.24. The van der Waals surface area contributed by atoms with E-state index in [0.717, 1.165) is 0 Å². The van der Waals surface area contributed by atoms with Gasteiger partial charge in [0, 0.05) is 0 Å². The highest BCUT2D eigenvalue weighted by molar-refractivity contribution is 8.02. The van der Waals surface area contributed by atoms with E-state index < -0.39 is 0 Å². The largest absolute Gasteiger partial charge is 0.195 e. The second-order valence-electron chi connectivity index (χ2n) is 0.574. The molecule has 0 saturated heterocycles. The van der Waals surface area contributed by atoms with E-state index in [4.69, 9.17) is 11.8 Å². The van der Waals surface area contributed by atoms with Gasteiger partial charge in [-0.1, -0.05) is 0 Å². The molecule has 5 heteroatoms. The van der Waals surface area contributed by atoms with Gasteiger partial charge < -0.3 is 0 Å². The summed E-state index contributed by atoms with van der Waals surface area (Å²) in [6.07, 6.45) is 0. The first-order valence-corrected chi connectivity index (χ1v) is 2.25. The molecule has 0 aromatic carbocycles. The average Bonchev–Trinajstić information content (AvgIpc) is 1.81. The minimum Gasteiger partial charge on any atom is -0.183 e. The van der Waals surface area contributed by atoms with Crippen LogP contribution in [0, 0.1) is 17.2 Å². The summed E-state index contributed by atoms with van der Waals surface area (Å²) in [7, 11) is 0. The number of hydrogen-bond acceptors (Lipinski definition) is 4. The van der Waals surface area contributed by atoms with Gasteiger partial charge >= 0.3 is 0 Å². The maximum Gasteiger partial charge on any atom is 0.195 e. The molecule has 0 aromatic heterocycles. The lowest BCUT2D eigenvalue weighted by Gasteiger charge is -1.56. The molecule has 0 aromatic rings. The van der Waals surface area contributed by atoms with E-state index in [1.54, 1.807) is 5.40 Å². The van der Waals surface area contributed by atoms with Gasteiger partial charge in [-0.3, -0.25) is 0 Å². The minimum absolute atomic E-state index is 0.630. The van der Waals surface area contributed by atoms with Crippen molar-refractivity contribution < 1.29 is 0 Å². The van der Waals surface area contributed by atoms with Crippen LogP contribution in [0.5, 0.6) is 0 Å². The fraction of sp³-hybridized carbons (Fsp3) is 0. The van der Waals surface area contributed by atoms with Crippen molar-refractivity contribution in [1.82, 2.24) is 0 Å². The molecule has 0 radical (unpaired) electrons. The van der Waals surface area contributed by atoms with Crippen molar-refractivity contribution in [1.29, 1.82) is 5.26 Å². The lowest BCUT2D eigenvalue weighted by atomic mass is 11.5. The highest BCUT2D eigenvalue weighted by atomic mass is 32.2. The van der Waals surface area contributed by atoms with E-state index in [9.17, 15) is 0 Å². The van der Waals surface area contributed by atoms with Gasteiger partial charge in [0.2, 0.25) is 0 Å². The van der Waals surface area contributed by atoms with E-state index in [1.165, 1.54) is 0 Å². The Balaban J connectivity index is 3.56. The van der Waals surface area contributed by atoms with Crippen molar-refractivity contribution in [3.63, 3.8) is 0 Å². The molecule has 8 heavy (non-hydrogen) atoms. The predicted octanol–water partition coefficient (Wildman–Crippen LogP) is 1.12. The number of nitrogens with zero attached hydrogens (tertiary/aromatic N) is 4. The Kier molecular flexibility index (Phi) is 4.79. The first-order chi connectivity index (χ1) is 3.91. The van der Waals surface area contributed by atoms with Gasteiger partial charge in [-0.15, -0.1) is 9.35 Å². The van der Waals surface area contributed by atoms with E-state index >= 15 is 0 Å². The van der Waals surface area contributed by atoms with Crippen LogP contribution in [0.15, 0.2) is 9.50 Å². The molecule has 0 spiro atoms. The first kappa shape index (κ1) is 6.71. The van der Waals surface area contributed by atoms with Crippen molar-refractivity contribution in [2.45, 2.75) is 0 Å². The third kappa shape index (κ3) is 4.71. The predicted molar refractivity (Wildman–Crippen MR) is 29.7 cm³/mol. The third-order valence-electron chi connectivity index (χ3n) is 0.222. The lowest BCUT2D eigenvalue weighted by Crippen LogP contribution is -1.43. The summed E-state index contributed by atoms with van der Waals surface area (Å²) in [4.78, 5) is 2.55. The van der Waals surface area contributed by atoms with Crippen LogP contribution in [0.2, 0.25) is 0 Å². The average molecular weight is 124 g/mol. The smallest absolute Gasteiger partial charge is 0.183 e. The molecule has 0 saturated carbocycles. The van der Waals surface area contributed by atoms with Crippen molar-refractivity contribution in [3.8, 4) is 5.40 Å². The fourth-order valence-electron chi connectivity index (χ4n) is 0.0814. The van der Waals surface area contributed by atoms with Crippen LogP contribution in [0.3, 0.4) is 0 Å². The van der Waals surface area contributed by atoms with Crippen LogP contribution in [0.1, 0.15) is 0 Å². The summed E-state index contributed by atoms with van der Waals surface area (Å²) in [5, 5.41) is 12.4. The van der Waals surface area contributed by atoms with Gasteiger partial charge in [0.15, 0.2) is 16.5 Å². The van der Waals surface area contributed by atoms with Crippen LogP contribution < -0.4 is 0 Å². The number of nitriles is 1. The van der Waals surface area contributed by atoms with Crippen LogP contribution in [0.4, 0.5) is 0 Å². The lowest BCUT2D eigenvalue weighted by molar-refractivity contribution is 1.56. The molecular weight excluding hydrogens is 124 g/mol. The van der Waals surface area contributed by atoms with Crippen LogP contribution >= 0.6 is 11.9 Å². The molecule has 0 aliphatic rings. The standard InChI is InChI=1S/C3N4S/c1-5-6-3-7-8-2-4. The van der Waals surface area contributed by atoms with Gasteiger partial charge in [-0.25, -0.2) is 0 Å². The summed E-state index contributed by atoms with van der Waals surface area (Å²) in [5.74, 6) is 0. The molecule has 0 bridgehead atoms. The van der Waals surface area contributed by atoms with Crippen molar-refractivity contribution in [2.75, 3.05) is 0 Å². The zero-order valence-corrected chi connectivity index (χ0v) is 4.51. The van der Waals surface area contributed by atoms with Crippen molar-refractivity contribution in [2.24, 2.45) is 9.50 Å². The van der Waals surface area contributed by atoms with E-state index in [-0.39, 0.29) is 0 Å². The van der Waals surface area contributed by atoms with E-state index in [2.05, 4.69) is 14.5 Å². The Hall–Kier alpha value is -1.29. The fourth-order valence-corrected chi connectivity index (χ4v) is 0.200. The highest BCUT2D eigenvalue weighted by Gasteiger charge is 1.67. The maximum absolute atomic E-state index is 7.83. The quantitative estimate of drug-likeness (QED) is 0.173. The molecule has 0 aliphatic carbocycles. The highest BCUT2D eigenvalue weighted by Crippen LogP contribution is 1.92. The number of thiocyanates is 1. The Bertz CT molecular complexity index is 188. The van der Waals surface area contributed by atoms with Crippen LogP contribution in [-0.4, -0.2) is 6.01 Å². The van der Waals surface area contributed by atoms with Gasteiger partial charge in [0.1, 0.15) is 11.9 Å². The monoisotopic (exact) mass is 124 g/mol. The molecular formula is C3N4S. The Labute approximate surface area is 50.5 Å². The van der Waals surface area contributed by atoms with Gasteiger partial charge in [-0.2, -0.15) is 11.8 Å². The second kappa shape index (κ2) is 5.71. The number of rotatable bonds is 1. The van der Waals surface area contributed by atoms with Crippen molar-refractivity contribution in [3.05, 3.63) is 11.5 Å². The molecule has 0 N–H and O–H groups in total. The molecule has 0 amide bonds. The van der Waals surface area contributed by atoms with Crippen LogP contribution in [-0.2, 0) is 0 Å². The summed E-state index contributed by atoms with van der Waals surface area (Å²) in [6, 6.07) is 1.97. The third-order valence-corrected chi connectivity index (χ3v) is 0.477. The Morgan fingerprint density at radius 2 is 2.50 bits per heavy atom. The molecule has 0 atom stereocenters. The second-order valence-corrected chi connectivity index (χ2v) is 1.12. The first-order valence-electron chi connectivity index (χ1n) is 1.48. The minimum atomic E-state index is 0.630. The van der Waals surface area contributed by atoms with Gasteiger partial charge in [-0.05, 0) is 0 Å². The SMILES string of the molecule is [C-]#[N+]N=C=NSC#N. The molecule has 0 heterocycles. The molecule has 4 nitrogen and oxygen atoms in total. The molecule has 0 aliphatic heterocycles. The van der Waals surface area contributed by atoms with Crippen molar-refractivity contribution >= 4 is 18.0 Å². The molecule has 0 fully saturated rings. The van der Waals surface area contributed by atoms with E-state index in [1.807, 2.05) is 6.01 Å². The Morgan fingerprint density at radius 3 is 3.00 bits per heavy atom. The summed E-state index contributed by atoms with van der Waals surface area (Å²) >= 11 is 0.630. The maximum atomic E-state index is 7.83. The normalized spacial score (nSPS) is 5.25. The summed E-state index contributed by atoms with van der Waals surface area (Å²) < 4.78 is 3.20. The summed E-state index contributed by atoms with van der Waals surface area (Å²) in [6.45, 7) is 6.08. The molecule has 0 rings (SSSR count). The van der Waals surface area contributed by atoms with Crippen LogP contribution in [0.25, 0.3) is 4.95 Å². The van der Waals surface area contributed by atoms with Gasteiger partial charge in [0.05, 0.1) is 0 Å². The molecule has 0 unspecified atom stereocenters. The topological polar surface area (TPSA) is 52.9 Å². The Morgan fingerprint density at radius 1 is 1.75 bits per heavy atom. The van der Waals surface area contributed by atoms with E-state index in [0.29, 0.717) is 11.9 Å².